The molecule has 0 N–H and O–H groups in total. The maximum Gasteiger partial charge on any atom is 0.120 e. The molecule has 1 fully saturated rings. The van der Waals surface area contributed by atoms with Gasteiger partial charge in [-0.25, -0.2) is 0 Å². The minimum absolute atomic E-state index is 0.432. The number of hydrogen-bond acceptors (Lipinski definition) is 2. The molecule has 2 aliphatic rings. The fourth-order valence-corrected chi connectivity index (χ4v) is 3.26. The molecule has 0 aliphatic heterocycles. The first kappa shape index (κ1) is 14.8. The maximum absolute atomic E-state index is 6.02. The summed E-state index contributed by atoms with van der Waals surface area (Å²) in [5, 5.41) is 0.743. The van der Waals surface area contributed by atoms with Crippen LogP contribution in [0.5, 0.6) is 0 Å². The molecule has 0 spiro atoms. The van der Waals surface area contributed by atoms with Crippen LogP contribution in [-0.2, 0) is 15.1 Å². The van der Waals surface area contributed by atoms with Crippen molar-refractivity contribution >= 4 is 11.6 Å². The highest BCUT2D eigenvalue weighted by atomic mass is 35.5. The minimum Gasteiger partial charge on any atom is -0.380 e. The van der Waals surface area contributed by atoms with Crippen LogP contribution in [0.15, 0.2) is 47.6 Å². The van der Waals surface area contributed by atoms with E-state index in [0.717, 1.165) is 22.9 Å². The third-order valence-electron chi connectivity index (χ3n) is 4.49. The van der Waals surface area contributed by atoms with Crippen LogP contribution in [0.25, 0.3) is 0 Å². The summed E-state index contributed by atoms with van der Waals surface area (Å²) >= 11 is 6.02. The van der Waals surface area contributed by atoms with Crippen molar-refractivity contribution in [1.29, 1.82) is 0 Å². The van der Waals surface area contributed by atoms with E-state index in [1.807, 2.05) is 24.3 Å². The Kier molecular flexibility index (Phi) is 4.21. The summed E-state index contributed by atoms with van der Waals surface area (Å²) in [7, 11) is 3.51. The third kappa shape index (κ3) is 2.80. The van der Waals surface area contributed by atoms with Crippen molar-refractivity contribution in [2.24, 2.45) is 5.92 Å². The molecule has 0 aromatic heterocycles. The van der Waals surface area contributed by atoms with Gasteiger partial charge >= 0.3 is 0 Å². The second-order valence-electron chi connectivity index (χ2n) is 5.82. The van der Waals surface area contributed by atoms with Gasteiger partial charge in [0.1, 0.15) is 5.60 Å². The zero-order valence-electron chi connectivity index (χ0n) is 12.6. The van der Waals surface area contributed by atoms with Crippen LogP contribution in [0.1, 0.15) is 24.8 Å². The standard InChI is InChI=1S/C18H21ClO2/c1-20-12-16-11-14(13-3-4-13)9-10-18(16,21-2)15-5-7-17(19)8-6-15/h5-9,11,13H,3-4,10,12H2,1-2H3. The lowest BCUT2D eigenvalue weighted by atomic mass is 9.78. The van der Waals surface area contributed by atoms with Crippen molar-refractivity contribution in [1.82, 2.24) is 0 Å². The predicted molar refractivity (Wildman–Crippen MR) is 85.5 cm³/mol. The van der Waals surface area contributed by atoms with Gasteiger partial charge in [0.2, 0.25) is 0 Å². The molecule has 0 amide bonds. The van der Waals surface area contributed by atoms with Crippen LogP contribution in [-0.4, -0.2) is 20.8 Å². The molecule has 1 aromatic rings. The topological polar surface area (TPSA) is 18.5 Å². The fourth-order valence-electron chi connectivity index (χ4n) is 3.14. The van der Waals surface area contributed by atoms with Crippen LogP contribution >= 0.6 is 11.6 Å². The van der Waals surface area contributed by atoms with Crippen LogP contribution in [0.2, 0.25) is 5.02 Å². The normalized spacial score (nSPS) is 25.5. The summed E-state index contributed by atoms with van der Waals surface area (Å²) in [4.78, 5) is 0. The SMILES string of the molecule is COCC1=CC(C2CC2)=CCC1(OC)c1ccc(Cl)cc1. The van der Waals surface area contributed by atoms with E-state index in [9.17, 15) is 0 Å². The Bertz CT molecular complexity index is 569. The Morgan fingerprint density at radius 1 is 1.19 bits per heavy atom. The highest BCUT2D eigenvalue weighted by Crippen LogP contribution is 2.46. The van der Waals surface area contributed by atoms with Gasteiger partial charge in [0, 0.05) is 25.7 Å². The molecular weight excluding hydrogens is 284 g/mol. The van der Waals surface area contributed by atoms with Crippen molar-refractivity contribution in [2.75, 3.05) is 20.8 Å². The Labute approximate surface area is 131 Å². The Morgan fingerprint density at radius 3 is 2.48 bits per heavy atom. The Morgan fingerprint density at radius 2 is 1.90 bits per heavy atom. The number of ether oxygens (including phenoxy) is 2. The number of benzene rings is 1. The lowest BCUT2D eigenvalue weighted by Crippen LogP contribution is -2.34. The number of hydrogen-bond donors (Lipinski definition) is 0. The summed E-state index contributed by atoms with van der Waals surface area (Å²) in [6, 6.07) is 7.93. The van der Waals surface area contributed by atoms with E-state index in [0.29, 0.717) is 6.61 Å². The van der Waals surface area contributed by atoms with E-state index >= 15 is 0 Å². The largest absolute Gasteiger partial charge is 0.380 e. The average molecular weight is 305 g/mol. The van der Waals surface area contributed by atoms with E-state index in [-0.39, 0.29) is 0 Å². The van der Waals surface area contributed by atoms with Gasteiger partial charge in [0.25, 0.3) is 0 Å². The van der Waals surface area contributed by atoms with Crippen LogP contribution in [0, 0.1) is 5.92 Å². The van der Waals surface area contributed by atoms with Gasteiger partial charge in [-0.15, -0.1) is 0 Å². The Hall–Kier alpha value is -1.09. The average Bonchev–Trinajstić information content (AvgIpc) is 3.33. The maximum atomic E-state index is 6.02. The zero-order valence-corrected chi connectivity index (χ0v) is 13.3. The van der Waals surface area contributed by atoms with Gasteiger partial charge in [-0.3, -0.25) is 0 Å². The van der Waals surface area contributed by atoms with Gasteiger partial charge in [-0.1, -0.05) is 35.9 Å². The molecule has 1 saturated carbocycles. The van der Waals surface area contributed by atoms with E-state index < -0.39 is 5.60 Å². The molecule has 1 atom stereocenters. The first-order valence-corrected chi connectivity index (χ1v) is 7.78. The smallest absolute Gasteiger partial charge is 0.120 e. The molecule has 0 saturated heterocycles. The summed E-state index contributed by atoms with van der Waals surface area (Å²) in [5.74, 6) is 0.747. The molecule has 0 bridgehead atoms. The number of allylic oxidation sites excluding steroid dienone is 2. The number of halogens is 1. The van der Waals surface area contributed by atoms with E-state index in [1.54, 1.807) is 14.2 Å². The monoisotopic (exact) mass is 304 g/mol. The molecule has 3 rings (SSSR count). The molecule has 0 radical (unpaired) electrons. The van der Waals surface area contributed by atoms with Crippen LogP contribution in [0.4, 0.5) is 0 Å². The quantitative estimate of drug-likeness (QED) is 0.797. The number of rotatable bonds is 5. The summed E-state index contributed by atoms with van der Waals surface area (Å²) < 4.78 is 11.4. The van der Waals surface area contributed by atoms with Gasteiger partial charge in [-0.2, -0.15) is 0 Å². The van der Waals surface area contributed by atoms with Crippen molar-refractivity contribution in [3.8, 4) is 0 Å². The lowest BCUT2D eigenvalue weighted by Gasteiger charge is -2.37. The highest BCUT2D eigenvalue weighted by molar-refractivity contribution is 6.30. The Balaban J connectivity index is 1.99. The van der Waals surface area contributed by atoms with E-state index in [1.165, 1.54) is 24.0 Å². The third-order valence-corrected chi connectivity index (χ3v) is 4.74. The molecule has 2 nitrogen and oxygen atoms in total. The van der Waals surface area contributed by atoms with Crippen LogP contribution in [0.3, 0.4) is 0 Å². The van der Waals surface area contributed by atoms with Crippen molar-refractivity contribution in [3.63, 3.8) is 0 Å². The zero-order chi connectivity index (χ0) is 14.9. The summed E-state index contributed by atoms with van der Waals surface area (Å²) in [6.45, 7) is 0.584. The molecule has 2 aliphatic carbocycles. The predicted octanol–water partition coefficient (Wildman–Crippen LogP) is 4.49. The summed E-state index contributed by atoms with van der Waals surface area (Å²) in [5.41, 5.74) is 3.34. The van der Waals surface area contributed by atoms with Gasteiger partial charge in [0.15, 0.2) is 0 Å². The second kappa shape index (κ2) is 5.96. The summed E-state index contributed by atoms with van der Waals surface area (Å²) in [6.07, 6.45) is 8.08. The first-order chi connectivity index (χ1) is 10.2. The van der Waals surface area contributed by atoms with E-state index in [4.69, 9.17) is 21.1 Å². The van der Waals surface area contributed by atoms with Crippen molar-refractivity contribution in [3.05, 3.63) is 58.1 Å². The first-order valence-electron chi connectivity index (χ1n) is 7.41. The number of methoxy groups -OCH3 is 2. The van der Waals surface area contributed by atoms with Crippen molar-refractivity contribution in [2.45, 2.75) is 24.9 Å². The molecule has 1 unspecified atom stereocenters. The molecule has 21 heavy (non-hydrogen) atoms. The molecule has 1 aromatic carbocycles. The molecule has 0 heterocycles. The molecular formula is C18H21ClO2. The minimum atomic E-state index is -0.432. The lowest BCUT2D eigenvalue weighted by molar-refractivity contribution is 0.00738. The van der Waals surface area contributed by atoms with Gasteiger partial charge < -0.3 is 9.47 Å². The van der Waals surface area contributed by atoms with Gasteiger partial charge in [0.05, 0.1) is 6.61 Å². The van der Waals surface area contributed by atoms with Gasteiger partial charge in [-0.05, 0) is 47.6 Å². The fraction of sp³-hybridized carbons (Fsp3) is 0.444. The molecule has 3 heteroatoms. The second-order valence-corrected chi connectivity index (χ2v) is 6.26. The van der Waals surface area contributed by atoms with Crippen molar-refractivity contribution < 1.29 is 9.47 Å². The van der Waals surface area contributed by atoms with Crippen LogP contribution < -0.4 is 0 Å². The highest BCUT2D eigenvalue weighted by Gasteiger charge is 2.39. The molecule has 112 valence electrons. The van der Waals surface area contributed by atoms with E-state index in [2.05, 4.69) is 12.2 Å².